The summed E-state index contributed by atoms with van der Waals surface area (Å²) >= 11 is 1.32. The van der Waals surface area contributed by atoms with Gasteiger partial charge in [-0.3, -0.25) is 4.79 Å². The molecule has 2 rings (SSSR count). The maximum Gasteiger partial charge on any atom is 0.270 e. The normalized spacial score (nSPS) is 10.1. The third-order valence-electron chi connectivity index (χ3n) is 2.64. The van der Waals surface area contributed by atoms with Gasteiger partial charge in [-0.15, -0.1) is 0 Å². The summed E-state index contributed by atoms with van der Waals surface area (Å²) in [6.45, 7) is 2.49. The van der Waals surface area contributed by atoms with Crippen LogP contribution in [0.15, 0.2) is 34.2 Å². The SMILES string of the molecule is CCOc1ccc(-c2nc(SC)[nH]c(=O)c2C#N)cc1. The lowest BCUT2D eigenvalue weighted by atomic mass is 10.1. The Kier molecular flexibility index (Phi) is 4.43. The number of nitriles is 1. The topological polar surface area (TPSA) is 78.8 Å². The van der Waals surface area contributed by atoms with Crippen LogP contribution in [0.25, 0.3) is 11.3 Å². The minimum Gasteiger partial charge on any atom is -0.494 e. The predicted octanol–water partition coefficient (Wildman–Crippen LogP) is 2.43. The molecule has 0 saturated heterocycles. The van der Waals surface area contributed by atoms with Crippen LogP contribution in [0.3, 0.4) is 0 Å². The third-order valence-corrected chi connectivity index (χ3v) is 3.22. The van der Waals surface area contributed by atoms with Crippen molar-refractivity contribution < 1.29 is 4.74 Å². The number of nitrogens with one attached hydrogen (secondary N) is 1. The molecule has 1 N–H and O–H groups in total. The highest BCUT2D eigenvalue weighted by Crippen LogP contribution is 2.23. The highest BCUT2D eigenvalue weighted by molar-refractivity contribution is 7.98. The van der Waals surface area contributed by atoms with Crippen molar-refractivity contribution >= 4 is 11.8 Å². The summed E-state index contributed by atoms with van der Waals surface area (Å²) in [7, 11) is 0. The van der Waals surface area contributed by atoms with Gasteiger partial charge in [-0.05, 0) is 37.4 Å². The lowest BCUT2D eigenvalue weighted by Gasteiger charge is -2.07. The number of ether oxygens (including phenoxy) is 1. The number of nitrogens with zero attached hydrogens (tertiary/aromatic N) is 2. The van der Waals surface area contributed by atoms with Gasteiger partial charge in [0.15, 0.2) is 5.16 Å². The molecule has 2 aromatic rings. The molecule has 0 spiro atoms. The Morgan fingerprint density at radius 1 is 1.40 bits per heavy atom. The number of aromatic amines is 1. The highest BCUT2D eigenvalue weighted by Gasteiger charge is 2.13. The van der Waals surface area contributed by atoms with Gasteiger partial charge in [0.05, 0.1) is 12.3 Å². The average molecular weight is 287 g/mol. The fraction of sp³-hybridized carbons (Fsp3) is 0.214. The van der Waals surface area contributed by atoms with E-state index in [4.69, 9.17) is 10.00 Å². The number of thioether (sulfide) groups is 1. The van der Waals surface area contributed by atoms with E-state index in [1.807, 2.05) is 19.2 Å². The molecule has 6 heteroatoms. The lowest BCUT2D eigenvalue weighted by molar-refractivity contribution is 0.340. The molecule has 0 amide bonds. The quantitative estimate of drug-likeness (QED) is 0.690. The molecular formula is C14H13N3O2S. The first-order valence-electron chi connectivity index (χ1n) is 6.01. The van der Waals surface area contributed by atoms with Gasteiger partial charge in [-0.25, -0.2) is 4.98 Å². The Hall–Kier alpha value is -2.26. The standard InChI is InChI=1S/C14H13N3O2S/c1-3-19-10-6-4-9(5-7-10)12-11(8-15)13(18)17-14(16-12)20-2/h4-7H,3H2,1-2H3,(H,16,17,18). The van der Waals surface area contributed by atoms with Gasteiger partial charge in [-0.2, -0.15) is 5.26 Å². The summed E-state index contributed by atoms with van der Waals surface area (Å²) in [6.07, 6.45) is 1.81. The Labute approximate surface area is 120 Å². The van der Waals surface area contributed by atoms with Crippen molar-refractivity contribution in [3.05, 3.63) is 40.2 Å². The van der Waals surface area contributed by atoms with Crippen molar-refractivity contribution in [3.8, 4) is 23.1 Å². The smallest absolute Gasteiger partial charge is 0.270 e. The Bertz CT molecular complexity index is 702. The van der Waals surface area contributed by atoms with E-state index in [1.54, 1.807) is 24.3 Å². The van der Waals surface area contributed by atoms with E-state index in [0.29, 0.717) is 23.0 Å². The first-order valence-corrected chi connectivity index (χ1v) is 7.23. The minimum absolute atomic E-state index is 0.0203. The Balaban J connectivity index is 2.53. The second kappa shape index (κ2) is 6.26. The second-order valence-corrected chi connectivity index (χ2v) is 4.66. The van der Waals surface area contributed by atoms with Gasteiger partial charge < -0.3 is 9.72 Å². The molecule has 0 aliphatic carbocycles. The number of benzene rings is 1. The summed E-state index contributed by atoms with van der Waals surface area (Å²) in [6, 6.07) is 9.07. The van der Waals surface area contributed by atoms with Crippen LogP contribution >= 0.6 is 11.8 Å². The van der Waals surface area contributed by atoms with Gasteiger partial charge in [-0.1, -0.05) is 11.8 Å². The van der Waals surface area contributed by atoms with E-state index >= 15 is 0 Å². The fourth-order valence-electron chi connectivity index (χ4n) is 1.74. The molecule has 1 heterocycles. The van der Waals surface area contributed by atoms with Crippen molar-refractivity contribution in [2.24, 2.45) is 0 Å². The van der Waals surface area contributed by atoms with Crippen molar-refractivity contribution in [2.75, 3.05) is 12.9 Å². The molecule has 102 valence electrons. The summed E-state index contributed by atoms with van der Waals surface area (Å²) in [4.78, 5) is 18.7. The molecule has 20 heavy (non-hydrogen) atoms. The van der Waals surface area contributed by atoms with Crippen LogP contribution in [0, 0.1) is 11.3 Å². The number of rotatable bonds is 4. The van der Waals surface area contributed by atoms with Crippen molar-refractivity contribution in [1.82, 2.24) is 9.97 Å². The van der Waals surface area contributed by atoms with Crippen LogP contribution in [0.2, 0.25) is 0 Å². The van der Waals surface area contributed by atoms with Crippen LogP contribution in [-0.2, 0) is 0 Å². The number of H-pyrrole nitrogens is 1. The zero-order valence-electron chi connectivity index (χ0n) is 11.1. The molecule has 0 radical (unpaired) electrons. The van der Waals surface area contributed by atoms with E-state index in [9.17, 15) is 4.79 Å². The summed E-state index contributed by atoms with van der Waals surface area (Å²) in [5, 5.41) is 9.61. The molecule has 0 aliphatic rings. The van der Waals surface area contributed by atoms with Crippen LogP contribution in [0.1, 0.15) is 12.5 Å². The molecule has 1 aromatic heterocycles. The van der Waals surface area contributed by atoms with Gasteiger partial charge in [0.25, 0.3) is 5.56 Å². The largest absolute Gasteiger partial charge is 0.494 e. The maximum atomic E-state index is 11.8. The van der Waals surface area contributed by atoms with E-state index in [-0.39, 0.29) is 5.56 Å². The second-order valence-electron chi connectivity index (χ2n) is 3.87. The van der Waals surface area contributed by atoms with E-state index in [1.165, 1.54) is 11.8 Å². The Morgan fingerprint density at radius 3 is 2.65 bits per heavy atom. The van der Waals surface area contributed by atoms with E-state index in [0.717, 1.165) is 5.75 Å². The average Bonchev–Trinajstić information content (AvgIpc) is 2.47. The van der Waals surface area contributed by atoms with Crippen molar-refractivity contribution in [1.29, 1.82) is 5.26 Å². The summed E-state index contributed by atoms with van der Waals surface area (Å²) < 4.78 is 5.36. The van der Waals surface area contributed by atoms with Crippen LogP contribution in [-0.4, -0.2) is 22.8 Å². The lowest BCUT2D eigenvalue weighted by Crippen LogP contribution is -2.14. The predicted molar refractivity (Wildman–Crippen MR) is 78.0 cm³/mol. The van der Waals surface area contributed by atoms with Crippen LogP contribution in [0.4, 0.5) is 0 Å². The molecule has 0 atom stereocenters. The minimum atomic E-state index is -0.421. The van der Waals surface area contributed by atoms with Crippen LogP contribution < -0.4 is 10.3 Å². The monoisotopic (exact) mass is 287 g/mol. The maximum absolute atomic E-state index is 11.8. The zero-order chi connectivity index (χ0) is 14.5. The van der Waals surface area contributed by atoms with E-state index in [2.05, 4.69) is 9.97 Å². The summed E-state index contributed by atoms with van der Waals surface area (Å²) in [5.74, 6) is 0.740. The number of hydrogen-bond donors (Lipinski definition) is 1. The summed E-state index contributed by atoms with van der Waals surface area (Å²) in [5.41, 5.74) is 0.706. The molecule has 1 aromatic carbocycles. The molecule has 0 saturated carbocycles. The molecule has 0 aliphatic heterocycles. The molecule has 0 unspecified atom stereocenters. The van der Waals surface area contributed by atoms with E-state index < -0.39 is 5.56 Å². The van der Waals surface area contributed by atoms with Gasteiger partial charge >= 0.3 is 0 Å². The first kappa shape index (κ1) is 14.2. The first-order chi connectivity index (χ1) is 9.69. The fourth-order valence-corrected chi connectivity index (χ4v) is 2.11. The Morgan fingerprint density at radius 2 is 2.10 bits per heavy atom. The van der Waals surface area contributed by atoms with Gasteiger partial charge in [0.1, 0.15) is 17.4 Å². The highest BCUT2D eigenvalue weighted by atomic mass is 32.2. The molecule has 0 fully saturated rings. The molecular weight excluding hydrogens is 274 g/mol. The van der Waals surface area contributed by atoms with Crippen molar-refractivity contribution in [2.45, 2.75) is 12.1 Å². The number of aromatic nitrogens is 2. The number of hydrogen-bond acceptors (Lipinski definition) is 5. The van der Waals surface area contributed by atoms with Crippen molar-refractivity contribution in [3.63, 3.8) is 0 Å². The molecule has 5 nitrogen and oxygen atoms in total. The van der Waals surface area contributed by atoms with Gasteiger partial charge in [0.2, 0.25) is 0 Å². The van der Waals surface area contributed by atoms with Crippen LogP contribution in [0.5, 0.6) is 5.75 Å². The van der Waals surface area contributed by atoms with Gasteiger partial charge in [0, 0.05) is 5.56 Å². The molecule has 0 bridgehead atoms. The zero-order valence-corrected chi connectivity index (χ0v) is 12.0. The third kappa shape index (κ3) is 2.83.